The lowest BCUT2D eigenvalue weighted by Crippen LogP contribution is -1.85. The SMILES string of the molecule is CNc1c[nH]nn1. The lowest BCUT2D eigenvalue weighted by Gasteiger charge is -1.82. The predicted molar refractivity (Wildman–Crippen MR) is 25.9 cm³/mol. The minimum absolute atomic E-state index is 0.764. The molecule has 0 aliphatic heterocycles. The molecule has 1 aromatic heterocycles. The van der Waals surface area contributed by atoms with Crippen molar-refractivity contribution >= 4 is 5.82 Å². The Kier molecular flexibility index (Phi) is 0.934. The van der Waals surface area contributed by atoms with Crippen LogP contribution in [0.1, 0.15) is 0 Å². The summed E-state index contributed by atoms with van der Waals surface area (Å²) in [5.74, 6) is 0.764. The minimum Gasteiger partial charge on any atom is -0.370 e. The Morgan fingerprint density at radius 1 is 1.86 bits per heavy atom. The smallest absolute Gasteiger partial charge is 0.168 e. The quantitative estimate of drug-likeness (QED) is 0.513. The zero-order valence-corrected chi connectivity index (χ0v) is 3.97. The zero-order chi connectivity index (χ0) is 5.11. The zero-order valence-electron chi connectivity index (χ0n) is 3.97. The fourth-order valence-corrected chi connectivity index (χ4v) is 0.324. The number of rotatable bonds is 1. The van der Waals surface area contributed by atoms with Crippen LogP contribution in [-0.4, -0.2) is 22.5 Å². The van der Waals surface area contributed by atoms with E-state index in [1.807, 2.05) is 0 Å². The number of nitrogens with one attached hydrogen (secondary N) is 2. The molecular formula is C3H6N4. The second-order valence-corrected chi connectivity index (χ2v) is 1.11. The summed E-state index contributed by atoms with van der Waals surface area (Å²) in [7, 11) is 1.79. The second-order valence-electron chi connectivity index (χ2n) is 1.11. The van der Waals surface area contributed by atoms with E-state index < -0.39 is 0 Å². The summed E-state index contributed by atoms with van der Waals surface area (Å²) in [6.45, 7) is 0. The maximum atomic E-state index is 3.62. The van der Waals surface area contributed by atoms with Gasteiger partial charge in [0.1, 0.15) is 0 Å². The number of nitrogens with zero attached hydrogens (tertiary/aromatic N) is 2. The van der Waals surface area contributed by atoms with Crippen LogP contribution in [0.15, 0.2) is 6.20 Å². The van der Waals surface area contributed by atoms with E-state index in [2.05, 4.69) is 20.7 Å². The monoisotopic (exact) mass is 98.1 g/mol. The van der Waals surface area contributed by atoms with Gasteiger partial charge < -0.3 is 5.32 Å². The topological polar surface area (TPSA) is 53.6 Å². The first kappa shape index (κ1) is 4.11. The van der Waals surface area contributed by atoms with Crippen LogP contribution in [0, 0.1) is 0 Å². The number of hydrogen-bond donors (Lipinski definition) is 2. The van der Waals surface area contributed by atoms with Crippen LogP contribution in [0.2, 0.25) is 0 Å². The summed E-state index contributed by atoms with van der Waals surface area (Å²) in [6, 6.07) is 0. The summed E-state index contributed by atoms with van der Waals surface area (Å²) in [5, 5.41) is 12.4. The molecule has 4 nitrogen and oxygen atoms in total. The highest BCUT2D eigenvalue weighted by atomic mass is 15.3. The molecule has 0 spiro atoms. The largest absolute Gasteiger partial charge is 0.370 e. The Balaban J connectivity index is 2.76. The van der Waals surface area contributed by atoms with Crippen molar-refractivity contribution in [2.45, 2.75) is 0 Å². The van der Waals surface area contributed by atoms with Crippen LogP contribution in [0.5, 0.6) is 0 Å². The standard InChI is InChI=1S/C3H6N4/c1-4-3-2-5-7-6-3/h2H,1H3,(H2,4,5,6,7). The van der Waals surface area contributed by atoms with E-state index in [1.165, 1.54) is 0 Å². The molecule has 0 radical (unpaired) electrons. The molecule has 0 saturated carbocycles. The molecule has 0 aliphatic carbocycles. The van der Waals surface area contributed by atoms with Crippen molar-refractivity contribution in [3.05, 3.63) is 6.20 Å². The summed E-state index contributed by atoms with van der Waals surface area (Å²) in [4.78, 5) is 0. The van der Waals surface area contributed by atoms with Gasteiger partial charge in [-0.15, -0.1) is 5.10 Å². The van der Waals surface area contributed by atoms with Crippen molar-refractivity contribution in [2.24, 2.45) is 0 Å². The van der Waals surface area contributed by atoms with E-state index in [0.717, 1.165) is 5.82 Å². The molecular weight excluding hydrogens is 92.1 g/mol. The lowest BCUT2D eigenvalue weighted by molar-refractivity contribution is 0.941. The molecule has 0 aliphatic rings. The Bertz CT molecular complexity index is 121. The Hall–Kier alpha value is -1.06. The Morgan fingerprint density at radius 2 is 2.71 bits per heavy atom. The molecule has 0 amide bonds. The molecule has 1 aromatic rings. The highest BCUT2D eigenvalue weighted by Gasteiger charge is 1.83. The van der Waals surface area contributed by atoms with Crippen LogP contribution in [0.3, 0.4) is 0 Å². The fraction of sp³-hybridized carbons (Fsp3) is 0.333. The summed E-state index contributed by atoms with van der Waals surface area (Å²) >= 11 is 0. The number of anilines is 1. The number of aromatic amines is 1. The first-order valence-electron chi connectivity index (χ1n) is 1.97. The van der Waals surface area contributed by atoms with Gasteiger partial charge in [0.15, 0.2) is 5.82 Å². The molecule has 0 unspecified atom stereocenters. The average molecular weight is 98.1 g/mol. The Morgan fingerprint density at radius 3 is 3.00 bits per heavy atom. The van der Waals surface area contributed by atoms with Crippen molar-refractivity contribution in [2.75, 3.05) is 12.4 Å². The molecule has 1 heterocycles. The summed E-state index contributed by atoms with van der Waals surface area (Å²) in [6.07, 6.45) is 1.68. The average Bonchev–Trinajstić information content (AvgIpc) is 2.14. The van der Waals surface area contributed by atoms with Crippen molar-refractivity contribution in [3.63, 3.8) is 0 Å². The second kappa shape index (κ2) is 1.59. The number of aromatic nitrogens is 3. The molecule has 0 atom stereocenters. The lowest BCUT2D eigenvalue weighted by atomic mass is 10.8. The summed E-state index contributed by atoms with van der Waals surface area (Å²) in [5.41, 5.74) is 0. The van der Waals surface area contributed by atoms with Gasteiger partial charge in [-0.2, -0.15) is 0 Å². The first-order valence-corrected chi connectivity index (χ1v) is 1.97. The third kappa shape index (κ3) is 0.677. The van der Waals surface area contributed by atoms with Gasteiger partial charge in [0.05, 0.1) is 6.20 Å². The van der Waals surface area contributed by atoms with Gasteiger partial charge >= 0.3 is 0 Å². The van der Waals surface area contributed by atoms with Crippen molar-refractivity contribution in [3.8, 4) is 0 Å². The fourth-order valence-electron chi connectivity index (χ4n) is 0.324. The Labute approximate surface area is 40.9 Å². The van der Waals surface area contributed by atoms with E-state index in [9.17, 15) is 0 Å². The minimum atomic E-state index is 0.764. The van der Waals surface area contributed by atoms with E-state index in [4.69, 9.17) is 0 Å². The number of hydrogen-bond acceptors (Lipinski definition) is 3. The summed E-state index contributed by atoms with van der Waals surface area (Å²) < 4.78 is 0. The van der Waals surface area contributed by atoms with E-state index in [0.29, 0.717) is 0 Å². The third-order valence-electron chi connectivity index (χ3n) is 0.673. The van der Waals surface area contributed by atoms with Gasteiger partial charge in [0.25, 0.3) is 0 Å². The third-order valence-corrected chi connectivity index (χ3v) is 0.673. The normalized spacial score (nSPS) is 8.71. The van der Waals surface area contributed by atoms with Crippen LogP contribution >= 0.6 is 0 Å². The maximum Gasteiger partial charge on any atom is 0.168 e. The molecule has 0 saturated heterocycles. The molecule has 0 fully saturated rings. The van der Waals surface area contributed by atoms with Gasteiger partial charge in [-0.3, -0.25) is 5.10 Å². The molecule has 0 bridgehead atoms. The maximum absolute atomic E-state index is 3.62. The highest BCUT2D eigenvalue weighted by Crippen LogP contribution is 1.89. The highest BCUT2D eigenvalue weighted by molar-refractivity contribution is 5.26. The van der Waals surface area contributed by atoms with Crippen LogP contribution in [-0.2, 0) is 0 Å². The van der Waals surface area contributed by atoms with E-state index >= 15 is 0 Å². The number of H-pyrrole nitrogens is 1. The van der Waals surface area contributed by atoms with E-state index in [-0.39, 0.29) is 0 Å². The van der Waals surface area contributed by atoms with Gasteiger partial charge in [0, 0.05) is 7.05 Å². The van der Waals surface area contributed by atoms with Crippen molar-refractivity contribution in [1.82, 2.24) is 15.4 Å². The van der Waals surface area contributed by atoms with Crippen LogP contribution in [0.4, 0.5) is 5.82 Å². The molecule has 2 N–H and O–H groups in total. The van der Waals surface area contributed by atoms with Crippen molar-refractivity contribution in [1.29, 1.82) is 0 Å². The van der Waals surface area contributed by atoms with E-state index in [1.54, 1.807) is 13.2 Å². The van der Waals surface area contributed by atoms with Crippen LogP contribution in [0.25, 0.3) is 0 Å². The molecule has 38 valence electrons. The molecule has 1 rings (SSSR count). The molecule has 0 aromatic carbocycles. The molecule has 7 heavy (non-hydrogen) atoms. The van der Waals surface area contributed by atoms with Gasteiger partial charge in [-0.1, -0.05) is 5.21 Å². The predicted octanol–water partition coefficient (Wildman–Crippen LogP) is -0.154. The van der Waals surface area contributed by atoms with Gasteiger partial charge in [0.2, 0.25) is 0 Å². The van der Waals surface area contributed by atoms with Crippen molar-refractivity contribution < 1.29 is 0 Å². The van der Waals surface area contributed by atoms with Gasteiger partial charge in [-0.05, 0) is 0 Å². The first-order chi connectivity index (χ1) is 3.43. The molecule has 4 heteroatoms. The van der Waals surface area contributed by atoms with Gasteiger partial charge in [-0.25, -0.2) is 0 Å². The van der Waals surface area contributed by atoms with Crippen LogP contribution < -0.4 is 5.32 Å².